The van der Waals surface area contributed by atoms with Gasteiger partial charge >= 0.3 is 0 Å². The van der Waals surface area contributed by atoms with Crippen molar-refractivity contribution in [3.8, 4) is 0 Å². The first-order valence-electron chi connectivity index (χ1n) is 5.44. The van der Waals surface area contributed by atoms with Crippen LogP contribution in [0.4, 0.5) is 0 Å². The van der Waals surface area contributed by atoms with E-state index in [1.165, 1.54) is 19.3 Å². The van der Waals surface area contributed by atoms with Crippen molar-refractivity contribution >= 4 is 5.78 Å². The third-order valence-electron chi connectivity index (χ3n) is 2.19. The van der Waals surface area contributed by atoms with Crippen LogP contribution in [-0.2, 0) is 4.79 Å². The second kappa shape index (κ2) is 8.24. The van der Waals surface area contributed by atoms with Crippen LogP contribution in [0.5, 0.6) is 0 Å². The molecule has 2 heteroatoms. The molecule has 13 heavy (non-hydrogen) atoms. The van der Waals surface area contributed by atoms with Crippen LogP contribution >= 0.6 is 0 Å². The highest BCUT2D eigenvalue weighted by Crippen LogP contribution is 2.06. The number of ketones is 1. The number of hydrogen-bond acceptors (Lipinski definition) is 2. The van der Waals surface area contributed by atoms with Gasteiger partial charge in [-0.3, -0.25) is 4.79 Å². The molecule has 0 heterocycles. The van der Waals surface area contributed by atoms with Crippen molar-refractivity contribution in [2.75, 3.05) is 0 Å². The number of unbranched alkanes of at least 4 members (excludes halogenated alkanes) is 3. The summed E-state index contributed by atoms with van der Waals surface area (Å²) in [6, 6.07) is 0.166. The first-order chi connectivity index (χ1) is 6.16. The number of carbonyl (C=O) groups is 1. The Morgan fingerprint density at radius 3 is 2.46 bits per heavy atom. The Balaban J connectivity index is 3.20. The van der Waals surface area contributed by atoms with Crippen molar-refractivity contribution < 1.29 is 4.79 Å². The quantitative estimate of drug-likeness (QED) is 0.591. The molecule has 0 fully saturated rings. The highest BCUT2D eigenvalue weighted by molar-refractivity contribution is 5.78. The standard InChI is InChI=1S/C11H23NO/c1-3-4-5-6-7-11(13)9-8-10(2)12/h10H,3-9,12H2,1-2H3. The number of rotatable bonds is 8. The predicted molar refractivity (Wildman–Crippen MR) is 56.6 cm³/mol. The second-order valence-electron chi connectivity index (χ2n) is 3.87. The van der Waals surface area contributed by atoms with Gasteiger partial charge in [0.05, 0.1) is 0 Å². The van der Waals surface area contributed by atoms with Gasteiger partial charge in [0.25, 0.3) is 0 Å². The van der Waals surface area contributed by atoms with Crippen LogP contribution in [0.1, 0.15) is 58.8 Å². The Hall–Kier alpha value is -0.370. The first kappa shape index (κ1) is 12.6. The molecule has 0 rings (SSSR count). The second-order valence-corrected chi connectivity index (χ2v) is 3.87. The van der Waals surface area contributed by atoms with Gasteiger partial charge in [-0.05, 0) is 19.8 Å². The van der Waals surface area contributed by atoms with Crippen molar-refractivity contribution in [2.45, 2.75) is 64.8 Å². The number of hydrogen-bond donors (Lipinski definition) is 1. The largest absolute Gasteiger partial charge is 0.328 e. The summed E-state index contributed by atoms with van der Waals surface area (Å²) in [5.74, 6) is 0.383. The van der Waals surface area contributed by atoms with Crippen LogP contribution < -0.4 is 5.73 Å². The Bertz CT molecular complexity index is 132. The molecule has 0 amide bonds. The van der Waals surface area contributed by atoms with E-state index in [-0.39, 0.29) is 6.04 Å². The SMILES string of the molecule is CCCCCCC(=O)CCC(C)N. The van der Waals surface area contributed by atoms with E-state index in [1.807, 2.05) is 6.92 Å². The molecule has 0 aliphatic carbocycles. The zero-order valence-corrected chi connectivity index (χ0v) is 9.01. The molecule has 78 valence electrons. The lowest BCUT2D eigenvalue weighted by molar-refractivity contribution is -0.119. The summed E-state index contributed by atoms with van der Waals surface area (Å²) in [6.07, 6.45) is 7.00. The molecule has 0 aromatic carbocycles. The van der Waals surface area contributed by atoms with Gasteiger partial charge in [-0.25, -0.2) is 0 Å². The fourth-order valence-electron chi connectivity index (χ4n) is 1.26. The number of carbonyl (C=O) groups excluding carboxylic acids is 1. The fourth-order valence-corrected chi connectivity index (χ4v) is 1.26. The number of nitrogens with two attached hydrogens (primary N) is 1. The van der Waals surface area contributed by atoms with Crippen LogP contribution in [0.15, 0.2) is 0 Å². The van der Waals surface area contributed by atoms with Gasteiger partial charge < -0.3 is 5.73 Å². The lowest BCUT2D eigenvalue weighted by Gasteiger charge is -2.03. The van der Waals surface area contributed by atoms with E-state index in [0.717, 1.165) is 19.3 Å². The van der Waals surface area contributed by atoms with Crippen LogP contribution in [-0.4, -0.2) is 11.8 Å². The van der Waals surface area contributed by atoms with Gasteiger partial charge in [-0.2, -0.15) is 0 Å². The molecule has 0 aromatic rings. The molecule has 2 nitrogen and oxygen atoms in total. The Labute approximate surface area is 81.9 Å². The van der Waals surface area contributed by atoms with Crippen LogP contribution in [0.25, 0.3) is 0 Å². The van der Waals surface area contributed by atoms with Crippen molar-refractivity contribution in [1.29, 1.82) is 0 Å². The van der Waals surface area contributed by atoms with E-state index in [4.69, 9.17) is 5.73 Å². The van der Waals surface area contributed by atoms with Crippen molar-refractivity contribution in [1.82, 2.24) is 0 Å². The maximum Gasteiger partial charge on any atom is 0.132 e. The smallest absolute Gasteiger partial charge is 0.132 e. The molecule has 0 bridgehead atoms. The van der Waals surface area contributed by atoms with E-state index in [1.54, 1.807) is 0 Å². The molecule has 1 unspecified atom stereocenters. The monoisotopic (exact) mass is 185 g/mol. The maximum atomic E-state index is 11.3. The van der Waals surface area contributed by atoms with E-state index < -0.39 is 0 Å². The normalized spacial score (nSPS) is 12.8. The minimum atomic E-state index is 0.166. The van der Waals surface area contributed by atoms with Crippen molar-refractivity contribution in [3.05, 3.63) is 0 Å². The first-order valence-corrected chi connectivity index (χ1v) is 5.44. The van der Waals surface area contributed by atoms with Gasteiger partial charge in [0.15, 0.2) is 0 Å². The molecule has 0 radical (unpaired) electrons. The van der Waals surface area contributed by atoms with Crippen molar-refractivity contribution in [2.24, 2.45) is 5.73 Å². The van der Waals surface area contributed by atoms with Crippen LogP contribution in [0.2, 0.25) is 0 Å². The minimum Gasteiger partial charge on any atom is -0.328 e. The molecule has 1 atom stereocenters. The third-order valence-corrected chi connectivity index (χ3v) is 2.19. The lowest BCUT2D eigenvalue weighted by atomic mass is 10.1. The maximum absolute atomic E-state index is 11.3. The highest BCUT2D eigenvalue weighted by Gasteiger charge is 2.02. The van der Waals surface area contributed by atoms with Crippen LogP contribution in [0, 0.1) is 0 Å². The predicted octanol–water partition coefficient (Wildman–Crippen LogP) is 2.65. The summed E-state index contributed by atoms with van der Waals surface area (Å²) in [7, 11) is 0. The molecule has 0 saturated heterocycles. The minimum absolute atomic E-state index is 0.166. The van der Waals surface area contributed by atoms with Gasteiger partial charge in [0.2, 0.25) is 0 Å². The van der Waals surface area contributed by atoms with Gasteiger partial charge in [0.1, 0.15) is 5.78 Å². The number of Topliss-reactive ketones (excluding diaryl/α,β-unsaturated/α-hetero) is 1. The average Bonchev–Trinajstić information content (AvgIpc) is 2.09. The molecule has 0 aromatic heterocycles. The Kier molecular flexibility index (Phi) is 8.00. The fraction of sp³-hybridized carbons (Fsp3) is 0.909. The van der Waals surface area contributed by atoms with Crippen LogP contribution in [0.3, 0.4) is 0 Å². The summed E-state index contributed by atoms with van der Waals surface area (Å²) in [6.45, 7) is 4.13. The van der Waals surface area contributed by atoms with E-state index in [2.05, 4.69) is 6.92 Å². The Morgan fingerprint density at radius 1 is 1.23 bits per heavy atom. The summed E-state index contributed by atoms with van der Waals surface area (Å²) in [5, 5.41) is 0. The molecule has 0 aliphatic rings. The summed E-state index contributed by atoms with van der Waals surface area (Å²) >= 11 is 0. The topological polar surface area (TPSA) is 43.1 Å². The van der Waals surface area contributed by atoms with Gasteiger partial charge in [-0.1, -0.05) is 26.2 Å². The average molecular weight is 185 g/mol. The van der Waals surface area contributed by atoms with E-state index in [0.29, 0.717) is 12.2 Å². The van der Waals surface area contributed by atoms with Gasteiger partial charge in [0, 0.05) is 18.9 Å². The zero-order valence-electron chi connectivity index (χ0n) is 9.01. The van der Waals surface area contributed by atoms with E-state index >= 15 is 0 Å². The molecular formula is C11H23NO. The lowest BCUT2D eigenvalue weighted by Crippen LogP contribution is -2.16. The highest BCUT2D eigenvalue weighted by atomic mass is 16.1. The summed E-state index contributed by atoms with van der Waals surface area (Å²) in [4.78, 5) is 11.3. The molecule has 2 N–H and O–H groups in total. The van der Waals surface area contributed by atoms with Crippen molar-refractivity contribution in [3.63, 3.8) is 0 Å². The molecular weight excluding hydrogens is 162 g/mol. The summed E-state index contributed by atoms with van der Waals surface area (Å²) in [5.41, 5.74) is 5.56. The molecule has 0 saturated carbocycles. The van der Waals surface area contributed by atoms with Gasteiger partial charge in [-0.15, -0.1) is 0 Å². The third kappa shape index (κ3) is 9.54. The Morgan fingerprint density at radius 2 is 1.92 bits per heavy atom. The van der Waals surface area contributed by atoms with E-state index in [9.17, 15) is 4.79 Å². The molecule has 0 aliphatic heterocycles. The molecule has 0 spiro atoms. The summed E-state index contributed by atoms with van der Waals surface area (Å²) < 4.78 is 0. The zero-order chi connectivity index (χ0) is 10.1.